The zero-order chi connectivity index (χ0) is 17.6. The molecule has 25 heavy (non-hydrogen) atoms. The quantitative estimate of drug-likeness (QED) is 0.762. The summed E-state index contributed by atoms with van der Waals surface area (Å²) in [6.45, 7) is 4.29. The van der Waals surface area contributed by atoms with Gasteiger partial charge in [-0.05, 0) is 62.6 Å². The molecule has 1 aromatic carbocycles. The Bertz CT molecular complexity index is 939. The van der Waals surface area contributed by atoms with E-state index < -0.39 is 0 Å². The van der Waals surface area contributed by atoms with E-state index in [-0.39, 0.29) is 11.1 Å². The fraction of sp³-hybridized carbons (Fsp3) is 0.286. The molecule has 0 saturated carbocycles. The van der Waals surface area contributed by atoms with Gasteiger partial charge in [-0.1, -0.05) is 29.3 Å². The van der Waals surface area contributed by atoms with Crippen LogP contribution in [0.3, 0.4) is 0 Å². The number of aromatic amines is 1. The first-order chi connectivity index (χ1) is 12.0. The molecule has 0 spiro atoms. The molecule has 4 rings (SSSR count). The summed E-state index contributed by atoms with van der Waals surface area (Å²) >= 11 is 6.05. The molecular weight excluding hydrogens is 332 g/mol. The van der Waals surface area contributed by atoms with Crippen molar-refractivity contribution < 1.29 is 0 Å². The highest BCUT2D eigenvalue weighted by Crippen LogP contribution is 2.51. The van der Waals surface area contributed by atoms with Gasteiger partial charge < -0.3 is 10.3 Å². The third kappa shape index (κ3) is 2.63. The summed E-state index contributed by atoms with van der Waals surface area (Å²) in [5.74, 6) is 0.309. The van der Waals surface area contributed by atoms with Crippen molar-refractivity contribution >= 4 is 17.3 Å². The van der Waals surface area contributed by atoms with Gasteiger partial charge in [0.25, 0.3) is 0 Å². The minimum atomic E-state index is -0.330. The number of aromatic nitrogens is 1. The van der Waals surface area contributed by atoms with E-state index in [0.29, 0.717) is 5.92 Å². The number of H-pyrrole nitrogens is 1. The zero-order valence-electron chi connectivity index (χ0n) is 14.4. The number of benzene rings is 1. The summed E-state index contributed by atoms with van der Waals surface area (Å²) in [6, 6.07) is 11.4. The standard InChI is InChI=1S/C21H21ClN2O/c1-3-17-14-10-13(2)12-21(17,24-16-6-4-15(22)5-7-16)18-8-9-20(25)23-19(18)11-14/h3-10,14,24H,11-12H2,1-2H3,(H,23,25)/b17-3+/t14-,21+/m0/s1. The summed E-state index contributed by atoms with van der Waals surface area (Å²) in [7, 11) is 0. The fourth-order valence-corrected chi connectivity index (χ4v) is 4.60. The summed E-state index contributed by atoms with van der Waals surface area (Å²) in [5, 5.41) is 4.49. The molecule has 2 N–H and O–H groups in total. The maximum atomic E-state index is 11.9. The number of fused-ring (bicyclic) bond motifs is 4. The Morgan fingerprint density at radius 2 is 2.00 bits per heavy atom. The number of anilines is 1. The molecule has 4 heteroatoms. The van der Waals surface area contributed by atoms with Gasteiger partial charge >= 0.3 is 0 Å². The van der Waals surface area contributed by atoms with Crippen molar-refractivity contribution in [2.24, 2.45) is 5.92 Å². The lowest BCUT2D eigenvalue weighted by Crippen LogP contribution is -2.47. The van der Waals surface area contributed by atoms with E-state index in [0.717, 1.165) is 29.2 Å². The molecule has 1 aromatic heterocycles. The van der Waals surface area contributed by atoms with Gasteiger partial charge in [-0.3, -0.25) is 4.79 Å². The SMILES string of the molecule is C/C=C1\[C@H]2C=C(C)C[C@]1(Nc1ccc(Cl)cc1)c1ccc(=O)[nH]c1C2. The molecule has 0 saturated heterocycles. The minimum absolute atomic E-state index is 0.0388. The van der Waals surface area contributed by atoms with Gasteiger partial charge in [0, 0.05) is 34.0 Å². The van der Waals surface area contributed by atoms with Crippen LogP contribution >= 0.6 is 11.6 Å². The van der Waals surface area contributed by atoms with Crippen LogP contribution in [0.4, 0.5) is 5.69 Å². The molecule has 2 bridgehead atoms. The van der Waals surface area contributed by atoms with Crippen molar-refractivity contribution in [1.29, 1.82) is 0 Å². The van der Waals surface area contributed by atoms with E-state index in [1.807, 2.05) is 30.3 Å². The molecule has 128 valence electrons. The van der Waals surface area contributed by atoms with E-state index in [9.17, 15) is 4.79 Å². The number of halogens is 1. The second kappa shape index (κ2) is 5.92. The van der Waals surface area contributed by atoms with Crippen molar-refractivity contribution in [3.8, 4) is 0 Å². The smallest absolute Gasteiger partial charge is 0.248 e. The van der Waals surface area contributed by atoms with Crippen LogP contribution < -0.4 is 10.9 Å². The summed E-state index contributed by atoms with van der Waals surface area (Å²) in [5.41, 5.74) is 5.59. The van der Waals surface area contributed by atoms with Crippen LogP contribution in [0, 0.1) is 5.92 Å². The molecule has 3 nitrogen and oxygen atoms in total. The number of rotatable bonds is 2. The predicted octanol–water partition coefficient (Wildman–Crippen LogP) is 4.80. The molecule has 0 aliphatic heterocycles. The van der Waals surface area contributed by atoms with Gasteiger partial charge in [-0.2, -0.15) is 0 Å². The molecule has 0 radical (unpaired) electrons. The first kappa shape index (κ1) is 16.2. The lowest BCUT2D eigenvalue weighted by Gasteiger charge is -2.48. The average molecular weight is 353 g/mol. The molecular formula is C21H21ClN2O. The number of hydrogen-bond donors (Lipinski definition) is 2. The molecule has 2 aliphatic rings. The second-order valence-corrected chi connectivity index (χ2v) is 7.43. The molecule has 1 heterocycles. The van der Waals surface area contributed by atoms with Crippen LogP contribution in [-0.4, -0.2) is 4.98 Å². The molecule has 0 fully saturated rings. The Morgan fingerprint density at radius 3 is 2.72 bits per heavy atom. The lowest BCUT2D eigenvalue weighted by molar-refractivity contribution is 0.440. The average Bonchev–Trinajstić information content (AvgIpc) is 2.56. The van der Waals surface area contributed by atoms with Gasteiger partial charge in [0.05, 0.1) is 5.54 Å². The van der Waals surface area contributed by atoms with Crippen molar-refractivity contribution in [2.75, 3.05) is 5.32 Å². The Balaban J connectivity index is 1.92. The molecule has 2 aromatic rings. The molecule has 2 atom stereocenters. The Kier molecular flexibility index (Phi) is 3.84. The lowest BCUT2D eigenvalue weighted by atomic mass is 9.63. The van der Waals surface area contributed by atoms with Gasteiger partial charge in [-0.25, -0.2) is 0 Å². The van der Waals surface area contributed by atoms with Crippen molar-refractivity contribution in [2.45, 2.75) is 32.2 Å². The predicted molar refractivity (Wildman–Crippen MR) is 103 cm³/mol. The first-order valence-electron chi connectivity index (χ1n) is 8.62. The van der Waals surface area contributed by atoms with Crippen molar-refractivity contribution in [3.63, 3.8) is 0 Å². The third-order valence-corrected chi connectivity index (χ3v) is 5.57. The highest BCUT2D eigenvalue weighted by molar-refractivity contribution is 6.30. The highest BCUT2D eigenvalue weighted by Gasteiger charge is 2.46. The van der Waals surface area contributed by atoms with Crippen molar-refractivity contribution in [1.82, 2.24) is 4.98 Å². The maximum absolute atomic E-state index is 11.9. The number of pyridine rings is 1. The topological polar surface area (TPSA) is 44.9 Å². The Morgan fingerprint density at radius 1 is 1.24 bits per heavy atom. The van der Waals surface area contributed by atoms with Crippen LogP contribution in [0.2, 0.25) is 5.02 Å². The first-order valence-corrected chi connectivity index (χ1v) is 9.00. The highest BCUT2D eigenvalue weighted by atomic mass is 35.5. The van der Waals surface area contributed by atoms with Crippen LogP contribution in [-0.2, 0) is 12.0 Å². The van der Waals surface area contributed by atoms with Crippen LogP contribution in [0.5, 0.6) is 0 Å². The normalized spacial score (nSPS) is 26.1. The van der Waals surface area contributed by atoms with Crippen LogP contribution in [0.15, 0.2) is 64.5 Å². The second-order valence-electron chi connectivity index (χ2n) is 7.00. The van der Waals surface area contributed by atoms with E-state index >= 15 is 0 Å². The number of allylic oxidation sites excluding steroid dienone is 2. The third-order valence-electron chi connectivity index (χ3n) is 5.32. The van der Waals surface area contributed by atoms with E-state index in [4.69, 9.17) is 11.6 Å². The van der Waals surface area contributed by atoms with Crippen LogP contribution in [0.25, 0.3) is 0 Å². The minimum Gasteiger partial charge on any atom is -0.371 e. The van der Waals surface area contributed by atoms with Gasteiger partial charge in [0.15, 0.2) is 0 Å². The zero-order valence-corrected chi connectivity index (χ0v) is 15.2. The van der Waals surface area contributed by atoms with Crippen LogP contribution in [0.1, 0.15) is 31.5 Å². The van der Waals surface area contributed by atoms with Crippen molar-refractivity contribution in [3.05, 3.63) is 86.3 Å². The summed E-state index contributed by atoms with van der Waals surface area (Å²) < 4.78 is 0. The Hall–Kier alpha value is -2.26. The molecule has 0 unspecified atom stereocenters. The molecule has 2 aliphatic carbocycles. The van der Waals surface area contributed by atoms with E-state index in [1.165, 1.54) is 16.7 Å². The van der Waals surface area contributed by atoms with Gasteiger partial charge in [-0.15, -0.1) is 0 Å². The number of nitrogens with one attached hydrogen (secondary N) is 2. The maximum Gasteiger partial charge on any atom is 0.248 e. The monoisotopic (exact) mass is 352 g/mol. The van der Waals surface area contributed by atoms with Gasteiger partial charge in [0.2, 0.25) is 5.56 Å². The van der Waals surface area contributed by atoms with E-state index in [1.54, 1.807) is 6.07 Å². The summed E-state index contributed by atoms with van der Waals surface area (Å²) in [4.78, 5) is 14.9. The summed E-state index contributed by atoms with van der Waals surface area (Å²) in [6.07, 6.45) is 6.28. The van der Waals surface area contributed by atoms with Gasteiger partial charge in [0.1, 0.15) is 0 Å². The largest absolute Gasteiger partial charge is 0.371 e. The number of hydrogen-bond acceptors (Lipinski definition) is 2. The molecule has 0 amide bonds. The van der Waals surface area contributed by atoms with E-state index in [2.05, 4.69) is 36.3 Å². The Labute approximate surface area is 152 Å². The fourth-order valence-electron chi connectivity index (χ4n) is 4.47.